The lowest BCUT2D eigenvalue weighted by Crippen LogP contribution is -2.42. The predicted octanol–water partition coefficient (Wildman–Crippen LogP) is 16.2. The van der Waals surface area contributed by atoms with E-state index in [1.807, 2.05) is 115 Å². The summed E-state index contributed by atoms with van der Waals surface area (Å²) in [5, 5.41) is 23.0. The van der Waals surface area contributed by atoms with Crippen molar-refractivity contribution in [1.29, 1.82) is 0 Å². The van der Waals surface area contributed by atoms with E-state index in [1.165, 1.54) is 74.1 Å². The van der Waals surface area contributed by atoms with E-state index >= 15 is 0 Å². The van der Waals surface area contributed by atoms with Crippen LogP contribution in [0, 0.1) is 0 Å². The van der Waals surface area contributed by atoms with E-state index in [-0.39, 0.29) is 11.3 Å². The maximum atomic E-state index is 13.4. The minimum absolute atomic E-state index is 0.0715. The third kappa shape index (κ3) is 14.1. The van der Waals surface area contributed by atoms with Gasteiger partial charge in [0.25, 0.3) is 0 Å². The molecule has 0 spiro atoms. The number of anilines is 3. The van der Waals surface area contributed by atoms with Crippen molar-refractivity contribution in [3.05, 3.63) is 217 Å². The fourth-order valence-electron chi connectivity index (χ4n) is 12.3. The van der Waals surface area contributed by atoms with E-state index in [4.69, 9.17) is 10.5 Å². The zero-order valence-electron chi connectivity index (χ0n) is 46.3. The van der Waals surface area contributed by atoms with E-state index in [2.05, 4.69) is 98.4 Å². The zero-order chi connectivity index (χ0) is 55.3. The lowest BCUT2D eigenvalue weighted by atomic mass is 9.68. The first-order valence-electron chi connectivity index (χ1n) is 29.1. The van der Waals surface area contributed by atoms with Crippen molar-refractivity contribution in [3.63, 3.8) is 0 Å². The van der Waals surface area contributed by atoms with Crippen molar-refractivity contribution in [3.8, 4) is 0 Å². The van der Waals surface area contributed by atoms with Crippen LogP contribution >= 0.6 is 0 Å². The van der Waals surface area contributed by atoms with Gasteiger partial charge in [0.15, 0.2) is 0 Å². The fraction of sp³-hybridized carbons (Fsp3) is 0.329. The Bertz CT molecular complexity index is 3330. The number of aromatic nitrogens is 3. The van der Waals surface area contributed by atoms with Crippen LogP contribution in [0.5, 0.6) is 0 Å². The summed E-state index contributed by atoms with van der Waals surface area (Å²) in [4.78, 5) is 37.9. The Morgan fingerprint density at radius 2 is 0.838 bits per heavy atom. The number of carboxylic acid groups (broad SMARTS) is 1. The molecule has 412 valence electrons. The summed E-state index contributed by atoms with van der Waals surface area (Å²) >= 11 is 0. The number of carboxylic acids is 1. The molecule has 3 saturated carbocycles. The zero-order valence-corrected chi connectivity index (χ0v) is 46.3. The maximum absolute atomic E-state index is 13.4. The van der Waals surface area contributed by atoms with Gasteiger partial charge in [-0.15, -0.1) is 0 Å². The van der Waals surface area contributed by atoms with Gasteiger partial charge in [-0.1, -0.05) is 222 Å². The van der Waals surface area contributed by atoms with Crippen molar-refractivity contribution >= 4 is 61.6 Å². The summed E-state index contributed by atoms with van der Waals surface area (Å²) in [6.07, 6.45) is 24.4. The number of benzene rings is 6. The Morgan fingerprint density at radius 1 is 0.438 bits per heavy atom. The fourth-order valence-corrected chi connectivity index (χ4v) is 12.3. The number of aliphatic carboxylic acids is 1. The van der Waals surface area contributed by atoms with Gasteiger partial charge in [-0.25, -0.2) is 15.0 Å². The Hall–Kier alpha value is -7.95. The molecule has 4 aliphatic rings. The Kier molecular flexibility index (Phi) is 20.1. The SMILES string of the molecule is C1CCOC1.Nc1nccc2ccccc12.O=C(Nc1nccc2ccccc12)C1(c2ccccc2)CCCCC1.O=C(O)C1(c2ccccc2)CCCCC1.c1ccc(C2(CNc3nccc4ccccc34)CCCCC2)cc1. The Balaban J connectivity index is 0.000000130. The largest absolute Gasteiger partial charge is 0.481 e. The van der Waals surface area contributed by atoms with Crippen LogP contribution in [0.25, 0.3) is 32.3 Å². The minimum Gasteiger partial charge on any atom is -0.481 e. The van der Waals surface area contributed by atoms with Gasteiger partial charge >= 0.3 is 5.97 Å². The molecular formula is C70H78N6O4. The molecule has 4 heterocycles. The number of hydrogen-bond acceptors (Lipinski definition) is 8. The molecule has 6 aromatic carbocycles. The molecule has 10 heteroatoms. The van der Waals surface area contributed by atoms with Gasteiger partial charge in [-0.3, -0.25) is 9.59 Å². The highest BCUT2D eigenvalue weighted by Crippen LogP contribution is 2.43. The number of carbonyl (C=O) groups is 2. The average molecular weight is 1070 g/mol. The molecular weight excluding hydrogens is 989 g/mol. The number of fused-ring (bicyclic) bond motifs is 3. The van der Waals surface area contributed by atoms with E-state index in [0.717, 1.165) is 110 Å². The summed E-state index contributed by atoms with van der Waals surface area (Å²) < 4.78 is 4.94. The molecule has 0 unspecified atom stereocenters. The van der Waals surface area contributed by atoms with Crippen LogP contribution in [0.4, 0.5) is 17.5 Å². The van der Waals surface area contributed by atoms with Gasteiger partial charge in [0.05, 0.1) is 10.8 Å². The van der Waals surface area contributed by atoms with Gasteiger partial charge in [-0.05, 0) is 102 Å². The molecule has 4 fully saturated rings. The van der Waals surface area contributed by atoms with Crippen molar-refractivity contribution < 1.29 is 19.4 Å². The molecule has 10 nitrogen and oxygen atoms in total. The van der Waals surface area contributed by atoms with Crippen LogP contribution in [0.2, 0.25) is 0 Å². The lowest BCUT2D eigenvalue weighted by molar-refractivity contribution is -0.145. The average Bonchev–Trinajstić information content (AvgIpc) is 4.16. The van der Waals surface area contributed by atoms with Gasteiger partial charge < -0.3 is 26.2 Å². The van der Waals surface area contributed by atoms with E-state index in [0.29, 0.717) is 11.6 Å². The van der Waals surface area contributed by atoms with E-state index in [9.17, 15) is 14.7 Å². The normalized spacial score (nSPS) is 16.8. The second-order valence-corrected chi connectivity index (χ2v) is 21.8. The second-order valence-electron chi connectivity index (χ2n) is 21.8. The summed E-state index contributed by atoms with van der Waals surface area (Å²) in [6, 6.07) is 61.4. The Labute approximate surface area is 472 Å². The van der Waals surface area contributed by atoms with Crippen LogP contribution in [0.3, 0.4) is 0 Å². The third-order valence-corrected chi connectivity index (χ3v) is 16.8. The molecule has 80 heavy (non-hydrogen) atoms. The maximum Gasteiger partial charge on any atom is 0.314 e. The number of carbonyl (C=O) groups excluding carboxylic acids is 1. The molecule has 0 radical (unpaired) electrons. The molecule has 0 atom stereocenters. The summed E-state index contributed by atoms with van der Waals surface area (Å²) in [5.41, 5.74) is 8.38. The standard InChI is InChI=1S/C22H22N2O.C22H24N2.C13H16O2.C9H8N2.C4H8O/c25-21(24-20-19-12-6-5-9-17(19)13-16-23-20)22(14-7-2-8-15-22)18-10-3-1-4-11-18;1-3-10-19(11-4-1)22(14-7-2-8-15-22)17-24-21-20-12-6-5-9-18(20)13-16-23-21;14-12(15)13(9-5-2-6-10-13)11-7-3-1-4-8-11;10-9-8-4-2-1-3-7(8)5-6-11-9;1-2-4-5-3-1/h1,3-6,9-13,16H,2,7-8,14-15H2,(H,23,24,25);1,3-6,9-13,16H,2,7-8,14-15,17H2,(H,23,24);1,3-4,7-8H,2,5-6,9-10H2,(H,14,15);1-6H,(H2,10,11);1-4H2. The van der Waals surface area contributed by atoms with Crippen molar-refractivity contribution in [2.45, 2.75) is 125 Å². The third-order valence-electron chi connectivity index (χ3n) is 16.8. The molecule has 3 aliphatic carbocycles. The van der Waals surface area contributed by atoms with E-state index in [1.54, 1.807) is 12.4 Å². The number of ether oxygens (including phenoxy) is 1. The number of nitrogens with one attached hydrogen (secondary N) is 2. The molecule has 0 bridgehead atoms. The number of pyridine rings is 3. The van der Waals surface area contributed by atoms with Crippen LogP contribution in [0.1, 0.15) is 126 Å². The number of rotatable bonds is 9. The number of nitrogens with zero attached hydrogens (tertiary/aromatic N) is 3. The first kappa shape index (κ1) is 56.8. The van der Waals surface area contributed by atoms with Crippen LogP contribution < -0.4 is 16.4 Å². The highest BCUT2D eigenvalue weighted by molar-refractivity contribution is 6.04. The molecule has 5 N–H and O–H groups in total. The van der Waals surface area contributed by atoms with Gasteiger partial charge in [0, 0.05) is 59.9 Å². The number of nitrogen functional groups attached to an aromatic ring is 1. The topological polar surface area (TPSA) is 152 Å². The molecule has 3 aromatic heterocycles. The highest BCUT2D eigenvalue weighted by Gasteiger charge is 2.42. The van der Waals surface area contributed by atoms with Crippen molar-refractivity contribution in [2.75, 3.05) is 36.1 Å². The van der Waals surface area contributed by atoms with Crippen LogP contribution in [0.15, 0.2) is 201 Å². The lowest BCUT2D eigenvalue weighted by Gasteiger charge is -2.38. The first-order chi connectivity index (χ1) is 39.3. The van der Waals surface area contributed by atoms with Gasteiger partial charge in [0.1, 0.15) is 17.5 Å². The summed E-state index contributed by atoms with van der Waals surface area (Å²) in [6.45, 7) is 2.96. The molecule has 9 aromatic rings. The Morgan fingerprint density at radius 3 is 1.32 bits per heavy atom. The summed E-state index contributed by atoms with van der Waals surface area (Å²) in [5.74, 6) is 1.68. The van der Waals surface area contributed by atoms with Gasteiger partial charge in [-0.2, -0.15) is 0 Å². The van der Waals surface area contributed by atoms with E-state index < -0.39 is 16.8 Å². The van der Waals surface area contributed by atoms with Crippen molar-refractivity contribution in [2.24, 2.45) is 0 Å². The predicted molar refractivity (Wildman–Crippen MR) is 328 cm³/mol. The molecule has 1 aliphatic heterocycles. The van der Waals surface area contributed by atoms with Crippen LogP contribution in [-0.2, 0) is 30.6 Å². The van der Waals surface area contributed by atoms with Gasteiger partial charge in [0.2, 0.25) is 5.91 Å². The number of hydrogen-bond donors (Lipinski definition) is 4. The second kappa shape index (κ2) is 28.3. The summed E-state index contributed by atoms with van der Waals surface area (Å²) in [7, 11) is 0. The monoisotopic (exact) mass is 1070 g/mol. The molecule has 1 amide bonds. The quantitative estimate of drug-likeness (QED) is 0.111. The smallest absolute Gasteiger partial charge is 0.314 e. The number of amides is 1. The molecule has 1 saturated heterocycles. The number of nitrogens with two attached hydrogens (primary N) is 1. The minimum atomic E-state index is -0.659. The highest BCUT2D eigenvalue weighted by atomic mass is 16.5. The van der Waals surface area contributed by atoms with Crippen LogP contribution in [-0.4, -0.2) is 51.7 Å². The molecule has 13 rings (SSSR count). The van der Waals surface area contributed by atoms with Crippen molar-refractivity contribution in [1.82, 2.24) is 15.0 Å². The first-order valence-corrected chi connectivity index (χ1v) is 29.1.